The Labute approximate surface area is 175 Å². The van der Waals surface area contributed by atoms with Gasteiger partial charge in [0, 0.05) is 68.3 Å². The highest BCUT2D eigenvalue weighted by Gasteiger charge is 2.30. The number of hydrogen-bond acceptors (Lipinski definition) is 5. The van der Waals surface area contributed by atoms with E-state index in [1.807, 2.05) is 29.2 Å². The molecular formula is C22H27FN4OS. The summed E-state index contributed by atoms with van der Waals surface area (Å²) in [5.41, 5.74) is 1.08. The Kier molecular flexibility index (Phi) is 6.67. The fourth-order valence-corrected chi connectivity index (χ4v) is 4.93. The maximum absolute atomic E-state index is 13.1. The highest BCUT2D eigenvalue weighted by molar-refractivity contribution is 8.00. The van der Waals surface area contributed by atoms with Gasteiger partial charge in [-0.3, -0.25) is 14.7 Å². The summed E-state index contributed by atoms with van der Waals surface area (Å²) in [4.78, 5) is 24.7. The van der Waals surface area contributed by atoms with Crippen LogP contribution in [0, 0.1) is 5.82 Å². The molecule has 0 unspecified atom stereocenters. The SMILES string of the molecule is O=C(CSc1ccncc1)N1CCC[C@H](N2CCN(c3ccc(F)cc3)CC2)C1. The van der Waals surface area contributed by atoms with E-state index in [1.165, 1.54) is 12.1 Å². The smallest absolute Gasteiger partial charge is 0.232 e. The van der Waals surface area contributed by atoms with Crippen LogP contribution < -0.4 is 4.90 Å². The van der Waals surface area contributed by atoms with Crippen LogP contribution in [0.1, 0.15) is 12.8 Å². The van der Waals surface area contributed by atoms with Gasteiger partial charge in [0.2, 0.25) is 5.91 Å². The van der Waals surface area contributed by atoms with Crippen molar-refractivity contribution >= 4 is 23.4 Å². The topological polar surface area (TPSA) is 39.7 Å². The number of rotatable bonds is 5. The molecule has 0 saturated carbocycles. The molecule has 1 amide bonds. The van der Waals surface area contributed by atoms with Crippen LogP contribution in [-0.2, 0) is 4.79 Å². The van der Waals surface area contributed by atoms with E-state index in [0.717, 1.165) is 62.7 Å². The quantitative estimate of drug-likeness (QED) is 0.703. The Morgan fingerprint density at radius 2 is 1.76 bits per heavy atom. The fourth-order valence-electron chi connectivity index (χ4n) is 4.15. The number of carbonyl (C=O) groups excluding carboxylic acids is 1. The summed E-state index contributed by atoms with van der Waals surface area (Å²) < 4.78 is 13.1. The predicted octanol–water partition coefficient (Wildman–Crippen LogP) is 3.13. The molecule has 1 aromatic heterocycles. The number of anilines is 1. The second-order valence-corrected chi connectivity index (χ2v) is 8.66. The molecule has 2 saturated heterocycles. The van der Waals surface area contributed by atoms with Gasteiger partial charge >= 0.3 is 0 Å². The van der Waals surface area contributed by atoms with Gasteiger partial charge in [-0.05, 0) is 49.2 Å². The first-order chi connectivity index (χ1) is 14.2. The lowest BCUT2D eigenvalue weighted by molar-refractivity contribution is -0.130. The lowest BCUT2D eigenvalue weighted by atomic mass is 10.0. The molecular weight excluding hydrogens is 387 g/mol. The van der Waals surface area contributed by atoms with Gasteiger partial charge in [-0.25, -0.2) is 4.39 Å². The molecule has 29 heavy (non-hydrogen) atoms. The molecule has 7 heteroatoms. The number of benzene rings is 1. The number of halogens is 1. The highest BCUT2D eigenvalue weighted by Crippen LogP contribution is 2.23. The van der Waals surface area contributed by atoms with Crippen LogP contribution in [0.15, 0.2) is 53.7 Å². The van der Waals surface area contributed by atoms with Crippen molar-refractivity contribution in [2.45, 2.75) is 23.8 Å². The van der Waals surface area contributed by atoms with Gasteiger partial charge in [-0.15, -0.1) is 11.8 Å². The van der Waals surface area contributed by atoms with Crippen LogP contribution in [0.5, 0.6) is 0 Å². The summed E-state index contributed by atoms with van der Waals surface area (Å²) in [5.74, 6) is 0.512. The van der Waals surface area contributed by atoms with Crippen LogP contribution in [0.3, 0.4) is 0 Å². The second-order valence-electron chi connectivity index (χ2n) is 7.61. The third-order valence-electron chi connectivity index (χ3n) is 5.78. The minimum absolute atomic E-state index is 0.193. The number of pyridine rings is 1. The van der Waals surface area contributed by atoms with Crippen LogP contribution in [0.2, 0.25) is 0 Å². The van der Waals surface area contributed by atoms with Crippen molar-refractivity contribution in [3.8, 4) is 0 Å². The third-order valence-corrected chi connectivity index (χ3v) is 6.78. The summed E-state index contributed by atoms with van der Waals surface area (Å²) in [5, 5.41) is 0. The minimum atomic E-state index is -0.193. The van der Waals surface area contributed by atoms with Crippen molar-refractivity contribution in [1.82, 2.24) is 14.8 Å². The van der Waals surface area contributed by atoms with Gasteiger partial charge in [0.1, 0.15) is 5.82 Å². The Balaban J connectivity index is 1.26. The van der Waals surface area contributed by atoms with E-state index in [9.17, 15) is 9.18 Å². The number of aromatic nitrogens is 1. The van der Waals surface area contributed by atoms with Crippen molar-refractivity contribution in [1.29, 1.82) is 0 Å². The zero-order valence-electron chi connectivity index (χ0n) is 16.5. The summed E-state index contributed by atoms with van der Waals surface area (Å²) >= 11 is 1.58. The normalized spacial score (nSPS) is 20.7. The van der Waals surface area contributed by atoms with E-state index in [2.05, 4.69) is 14.8 Å². The van der Waals surface area contributed by atoms with Crippen molar-refractivity contribution in [3.63, 3.8) is 0 Å². The number of amides is 1. The average molecular weight is 415 g/mol. The van der Waals surface area contributed by atoms with E-state index in [4.69, 9.17) is 0 Å². The summed E-state index contributed by atoms with van der Waals surface area (Å²) in [7, 11) is 0. The van der Waals surface area contributed by atoms with Gasteiger partial charge in [0.25, 0.3) is 0 Å². The third kappa shape index (κ3) is 5.28. The Morgan fingerprint density at radius 1 is 1.03 bits per heavy atom. The molecule has 2 aliphatic rings. The number of nitrogens with zero attached hydrogens (tertiary/aromatic N) is 4. The zero-order valence-corrected chi connectivity index (χ0v) is 17.4. The lowest BCUT2D eigenvalue weighted by Crippen LogP contribution is -2.56. The maximum Gasteiger partial charge on any atom is 0.232 e. The maximum atomic E-state index is 13.1. The van der Waals surface area contributed by atoms with E-state index in [-0.39, 0.29) is 11.7 Å². The van der Waals surface area contributed by atoms with Crippen molar-refractivity contribution in [3.05, 3.63) is 54.6 Å². The van der Waals surface area contributed by atoms with E-state index in [1.54, 1.807) is 24.2 Å². The molecule has 0 radical (unpaired) electrons. The molecule has 3 heterocycles. The molecule has 5 nitrogen and oxygen atoms in total. The van der Waals surface area contributed by atoms with Crippen LogP contribution >= 0.6 is 11.8 Å². The second kappa shape index (κ2) is 9.59. The molecule has 2 aromatic rings. The molecule has 2 aliphatic heterocycles. The van der Waals surface area contributed by atoms with Gasteiger partial charge in [0.15, 0.2) is 0 Å². The Hall–Kier alpha value is -2.12. The largest absolute Gasteiger partial charge is 0.369 e. The van der Waals surface area contributed by atoms with Gasteiger partial charge in [-0.2, -0.15) is 0 Å². The monoisotopic (exact) mass is 414 g/mol. The summed E-state index contributed by atoms with van der Waals surface area (Å²) in [6, 6.07) is 11.1. The van der Waals surface area contributed by atoms with E-state index in [0.29, 0.717) is 11.8 Å². The number of piperazine rings is 1. The zero-order chi connectivity index (χ0) is 20.1. The Bertz CT molecular complexity index is 796. The first-order valence-electron chi connectivity index (χ1n) is 10.2. The lowest BCUT2D eigenvalue weighted by Gasteiger charge is -2.44. The highest BCUT2D eigenvalue weighted by atomic mass is 32.2. The number of likely N-dealkylation sites (tertiary alicyclic amines) is 1. The van der Waals surface area contributed by atoms with Crippen LogP contribution in [-0.4, -0.2) is 71.8 Å². The standard InChI is InChI=1S/C22H27FN4OS/c23-18-3-5-19(6-4-18)25-12-14-26(15-13-25)20-2-1-11-27(16-20)22(28)17-29-21-7-9-24-10-8-21/h3-10,20H,1-2,11-17H2/t20-/m0/s1. The van der Waals surface area contributed by atoms with Gasteiger partial charge in [0.05, 0.1) is 5.75 Å². The van der Waals surface area contributed by atoms with Gasteiger partial charge < -0.3 is 9.80 Å². The molecule has 154 valence electrons. The number of hydrogen-bond donors (Lipinski definition) is 0. The van der Waals surface area contributed by atoms with Crippen LogP contribution in [0.4, 0.5) is 10.1 Å². The van der Waals surface area contributed by atoms with Crippen molar-refractivity contribution in [2.75, 3.05) is 49.9 Å². The summed E-state index contributed by atoms with van der Waals surface area (Å²) in [6.07, 6.45) is 5.73. The molecule has 1 atom stereocenters. The summed E-state index contributed by atoms with van der Waals surface area (Å²) in [6.45, 7) is 5.53. The number of piperidine rings is 1. The first kappa shape index (κ1) is 20.2. The number of carbonyl (C=O) groups is 1. The molecule has 0 N–H and O–H groups in total. The molecule has 0 bridgehead atoms. The Morgan fingerprint density at radius 3 is 2.48 bits per heavy atom. The molecule has 1 aromatic carbocycles. The van der Waals surface area contributed by atoms with Crippen molar-refractivity contribution in [2.24, 2.45) is 0 Å². The average Bonchev–Trinajstić information content (AvgIpc) is 2.79. The van der Waals surface area contributed by atoms with Crippen LogP contribution in [0.25, 0.3) is 0 Å². The first-order valence-corrected chi connectivity index (χ1v) is 11.2. The fraction of sp³-hybridized carbons (Fsp3) is 0.455. The van der Waals surface area contributed by atoms with Gasteiger partial charge in [-0.1, -0.05) is 0 Å². The predicted molar refractivity (Wildman–Crippen MR) is 115 cm³/mol. The van der Waals surface area contributed by atoms with Crippen molar-refractivity contribution < 1.29 is 9.18 Å². The number of thioether (sulfide) groups is 1. The van der Waals surface area contributed by atoms with E-state index >= 15 is 0 Å². The molecule has 4 rings (SSSR count). The molecule has 0 spiro atoms. The molecule has 2 fully saturated rings. The minimum Gasteiger partial charge on any atom is -0.369 e. The van der Waals surface area contributed by atoms with E-state index < -0.39 is 0 Å². The molecule has 0 aliphatic carbocycles.